The lowest BCUT2D eigenvalue weighted by atomic mass is 10.2. The van der Waals surface area contributed by atoms with E-state index in [0.29, 0.717) is 11.5 Å². The van der Waals surface area contributed by atoms with Crippen LogP contribution in [0.25, 0.3) is 11.0 Å². The van der Waals surface area contributed by atoms with Crippen LogP contribution in [0.4, 0.5) is 0 Å². The first kappa shape index (κ1) is 10.2. The highest BCUT2D eigenvalue weighted by atomic mass is 16.1. The molecule has 0 atom stereocenters. The number of hydrogen-bond donors (Lipinski definition) is 1. The Balaban J connectivity index is 1.81. The number of carbonyl (C=O) groups is 1. The monoisotopic (exact) mass is 227 g/mol. The summed E-state index contributed by atoms with van der Waals surface area (Å²) >= 11 is 0. The van der Waals surface area contributed by atoms with Crippen molar-refractivity contribution in [1.29, 1.82) is 0 Å². The van der Waals surface area contributed by atoms with Gasteiger partial charge in [0.25, 0.3) is 5.91 Å². The van der Waals surface area contributed by atoms with E-state index in [1.165, 1.54) is 12.8 Å². The molecule has 1 aromatic heterocycles. The van der Waals surface area contributed by atoms with Crippen molar-refractivity contribution in [3.63, 3.8) is 0 Å². The van der Waals surface area contributed by atoms with Gasteiger partial charge in [-0.25, -0.2) is 0 Å². The van der Waals surface area contributed by atoms with Crippen LogP contribution in [0.15, 0.2) is 30.6 Å². The maximum absolute atomic E-state index is 11.9. The van der Waals surface area contributed by atoms with Crippen LogP contribution >= 0.6 is 0 Å². The fourth-order valence-corrected chi connectivity index (χ4v) is 1.77. The lowest BCUT2D eigenvalue weighted by Crippen LogP contribution is -2.25. The van der Waals surface area contributed by atoms with Gasteiger partial charge in [0, 0.05) is 24.5 Å². The topological polar surface area (TPSA) is 54.9 Å². The van der Waals surface area contributed by atoms with Crippen LogP contribution in [-0.2, 0) is 0 Å². The Labute approximate surface area is 99.1 Å². The predicted octanol–water partition coefficient (Wildman–Crippen LogP) is 1.77. The van der Waals surface area contributed by atoms with Crippen molar-refractivity contribution in [3.8, 4) is 0 Å². The van der Waals surface area contributed by atoms with Gasteiger partial charge in [-0.05, 0) is 37.0 Å². The molecule has 0 radical (unpaired) electrons. The van der Waals surface area contributed by atoms with Gasteiger partial charge < -0.3 is 5.32 Å². The van der Waals surface area contributed by atoms with Crippen LogP contribution in [0.3, 0.4) is 0 Å². The summed E-state index contributed by atoms with van der Waals surface area (Å²) in [5.74, 6) is 0.670. The van der Waals surface area contributed by atoms with E-state index < -0.39 is 0 Å². The summed E-state index contributed by atoms with van der Waals surface area (Å²) < 4.78 is 0. The predicted molar refractivity (Wildman–Crippen MR) is 64.6 cm³/mol. The third-order valence-electron chi connectivity index (χ3n) is 2.98. The number of nitrogens with one attached hydrogen (secondary N) is 1. The lowest BCUT2D eigenvalue weighted by Gasteiger charge is -2.04. The zero-order valence-corrected chi connectivity index (χ0v) is 9.39. The van der Waals surface area contributed by atoms with Gasteiger partial charge in [-0.15, -0.1) is 0 Å². The van der Waals surface area contributed by atoms with Crippen LogP contribution in [0.1, 0.15) is 23.2 Å². The van der Waals surface area contributed by atoms with E-state index in [0.717, 1.165) is 17.6 Å². The first-order valence-corrected chi connectivity index (χ1v) is 5.82. The maximum Gasteiger partial charge on any atom is 0.251 e. The Morgan fingerprint density at radius 1 is 1.24 bits per heavy atom. The molecule has 3 rings (SSSR count). The highest BCUT2D eigenvalue weighted by Gasteiger charge is 2.21. The molecule has 1 amide bonds. The summed E-state index contributed by atoms with van der Waals surface area (Å²) in [7, 11) is 0. The third kappa shape index (κ3) is 2.25. The first-order chi connectivity index (χ1) is 8.33. The van der Waals surface area contributed by atoms with E-state index in [2.05, 4.69) is 15.3 Å². The molecule has 1 aliphatic carbocycles. The van der Waals surface area contributed by atoms with Gasteiger partial charge in [0.05, 0.1) is 11.0 Å². The number of amides is 1. The minimum absolute atomic E-state index is 0.0237. The minimum Gasteiger partial charge on any atom is -0.352 e. The molecule has 1 aliphatic rings. The molecule has 2 aromatic rings. The lowest BCUT2D eigenvalue weighted by molar-refractivity contribution is 0.0952. The van der Waals surface area contributed by atoms with Crippen molar-refractivity contribution in [2.45, 2.75) is 12.8 Å². The summed E-state index contributed by atoms with van der Waals surface area (Å²) in [5.41, 5.74) is 2.22. The molecule has 0 aliphatic heterocycles. The Morgan fingerprint density at radius 3 is 2.76 bits per heavy atom. The Hall–Kier alpha value is -1.97. The Bertz CT molecular complexity index is 563. The maximum atomic E-state index is 11.9. The summed E-state index contributed by atoms with van der Waals surface area (Å²) in [6, 6.07) is 5.40. The van der Waals surface area contributed by atoms with E-state index in [1.807, 2.05) is 6.07 Å². The molecule has 1 fully saturated rings. The fraction of sp³-hybridized carbons (Fsp3) is 0.308. The molecule has 0 saturated heterocycles. The molecule has 0 unspecified atom stereocenters. The van der Waals surface area contributed by atoms with E-state index in [-0.39, 0.29) is 5.91 Å². The standard InChI is InChI=1S/C13H13N3O/c17-13(16-8-9-1-2-9)10-3-4-11-12(7-10)15-6-5-14-11/h3-7,9H,1-2,8H2,(H,16,17). The quantitative estimate of drug-likeness (QED) is 0.869. The molecule has 0 spiro atoms. The molecule has 0 bridgehead atoms. The van der Waals surface area contributed by atoms with Crippen LogP contribution in [0.2, 0.25) is 0 Å². The third-order valence-corrected chi connectivity index (χ3v) is 2.98. The number of benzene rings is 1. The smallest absolute Gasteiger partial charge is 0.251 e. The molecular weight excluding hydrogens is 214 g/mol. The zero-order chi connectivity index (χ0) is 11.7. The second-order valence-corrected chi connectivity index (χ2v) is 4.41. The molecule has 4 heteroatoms. The zero-order valence-electron chi connectivity index (χ0n) is 9.39. The van der Waals surface area contributed by atoms with Crippen LogP contribution in [-0.4, -0.2) is 22.4 Å². The average molecular weight is 227 g/mol. The van der Waals surface area contributed by atoms with Gasteiger partial charge >= 0.3 is 0 Å². The number of aromatic nitrogens is 2. The van der Waals surface area contributed by atoms with Crippen LogP contribution in [0, 0.1) is 5.92 Å². The van der Waals surface area contributed by atoms with Crippen molar-refractivity contribution >= 4 is 16.9 Å². The van der Waals surface area contributed by atoms with Crippen LogP contribution in [0.5, 0.6) is 0 Å². The minimum atomic E-state index is -0.0237. The fourth-order valence-electron chi connectivity index (χ4n) is 1.77. The van der Waals surface area contributed by atoms with E-state index in [9.17, 15) is 4.79 Å². The Morgan fingerprint density at radius 2 is 2.00 bits per heavy atom. The van der Waals surface area contributed by atoms with Crippen LogP contribution < -0.4 is 5.32 Å². The van der Waals surface area contributed by atoms with Gasteiger partial charge in [-0.1, -0.05) is 0 Å². The molecule has 1 saturated carbocycles. The molecule has 17 heavy (non-hydrogen) atoms. The number of fused-ring (bicyclic) bond motifs is 1. The Kier molecular flexibility index (Phi) is 2.48. The van der Waals surface area contributed by atoms with Crippen molar-refractivity contribution in [2.75, 3.05) is 6.54 Å². The van der Waals surface area contributed by atoms with Crippen molar-refractivity contribution in [1.82, 2.24) is 15.3 Å². The van der Waals surface area contributed by atoms with E-state index >= 15 is 0 Å². The SMILES string of the molecule is O=C(NCC1CC1)c1ccc2nccnc2c1. The summed E-state index contributed by atoms with van der Waals surface area (Å²) in [6.07, 6.45) is 5.76. The van der Waals surface area contributed by atoms with Gasteiger partial charge in [0.2, 0.25) is 0 Å². The highest BCUT2D eigenvalue weighted by Crippen LogP contribution is 2.27. The van der Waals surface area contributed by atoms with Gasteiger partial charge in [0.15, 0.2) is 0 Å². The normalized spacial score (nSPS) is 14.8. The summed E-state index contributed by atoms with van der Waals surface area (Å²) in [4.78, 5) is 20.2. The molecule has 1 N–H and O–H groups in total. The van der Waals surface area contributed by atoms with Gasteiger partial charge in [-0.3, -0.25) is 14.8 Å². The summed E-state index contributed by atoms with van der Waals surface area (Å²) in [5, 5.41) is 2.94. The van der Waals surface area contributed by atoms with E-state index in [4.69, 9.17) is 0 Å². The first-order valence-electron chi connectivity index (χ1n) is 5.82. The number of rotatable bonds is 3. The number of nitrogens with zero attached hydrogens (tertiary/aromatic N) is 2. The molecule has 1 aromatic carbocycles. The number of hydrogen-bond acceptors (Lipinski definition) is 3. The molecule has 4 nitrogen and oxygen atoms in total. The summed E-state index contributed by atoms with van der Waals surface area (Å²) in [6.45, 7) is 0.789. The average Bonchev–Trinajstić information content (AvgIpc) is 3.19. The van der Waals surface area contributed by atoms with Crippen molar-refractivity contribution < 1.29 is 4.79 Å². The molecular formula is C13H13N3O. The highest BCUT2D eigenvalue weighted by molar-refractivity contribution is 5.97. The van der Waals surface area contributed by atoms with Gasteiger partial charge in [0.1, 0.15) is 0 Å². The molecule has 1 heterocycles. The largest absolute Gasteiger partial charge is 0.352 e. The number of carbonyl (C=O) groups excluding carboxylic acids is 1. The van der Waals surface area contributed by atoms with Crippen molar-refractivity contribution in [2.24, 2.45) is 5.92 Å². The molecule has 86 valence electrons. The van der Waals surface area contributed by atoms with Crippen molar-refractivity contribution in [3.05, 3.63) is 36.2 Å². The van der Waals surface area contributed by atoms with E-state index in [1.54, 1.807) is 24.5 Å². The van der Waals surface area contributed by atoms with Gasteiger partial charge in [-0.2, -0.15) is 0 Å². The second kappa shape index (κ2) is 4.13. The second-order valence-electron chi connectivity index (χ2n) is 4.41.